The molecule has 0 aliphatic heterocycles. The van der Waals surface area contributed by atoms with E-state index in [1.807, 2.05) is 0 Å². The number of Topliss-reactive ketones (excluding diaryl/α,β-unsaturated/α-hetero) is 1. The summed E-state index contributed by atoms with van der Waals surface area (Å²) >= 11 is 12.0. The van der Waals surface area contributed by atoms with Crippen LogP contribution in [0.2, 0.25) is 10.0 Å². The van der Waals surface area contributed by atoms with E-state index < -0.39 is 39.1 Å². The Balaban J connectivity index is 2.21. The van der Waals surface area contributed by atoms with Gasteiger partial charge in [0.25, 0.3) is 5.91 Å². The summed E-state index contributed by atoms with van der Waals surface area (Å²) in [6.45, 7) is 2.70. The van der Waals surface area contributed by atoms with Crippen LogP contribution >= 0.6 is 23.2 Å². The number of alkyl halides is 3. The van der Waals surface area contributed by atoms with Gasteiger partial charge in [0.2, 0.25) is 0 Å². The van der Waals surface area contributed by atoms with Crippen LogP contribution in [-0.4, -0.2) is 31.7 Å². The lowest BCUT2D eigenvalue weighted by Crippen LogP contribution is -2.34. The highest BCUT2D eigenvalue weighted by Gasteiger charge is 2.48. The van der Waals surface area contributed by atoms with Gasteiger partial charge in [0.15, 0.2) is 11.5 Å². The molecule has 0 radical (unpaired) electrons. The maximum absolute atomic E-state index is 12.6. The third kappa shape index (κ3) is 6.11. The summed E-state index contributed by atoms with van der Waals surface area (Å²) in [7, 11) is -5.93. The molecule has 1 unspecified atom stereocenters. The van der Waals surface area contributed by atoms with E-state index in [-0.39, 0.29) is 27.6 Å². The smallest absolute Gasteiger partial charge is 0.375 e. The zero-order valence-corrected chi connectivity index (χ0v) is 18.4. The molecule has 0 bridgehead atoms. The monoisotopic (exact) mass is 497 g/mol. The van der Waals surface area contributed by atoms with E-state index in [0.29, 0.717) is 5.56 Å². The molecule has 0 aromatic heterocycles. The first-order chi connectivity index (χ1) is 14.2. The topological polar surface area (TPSA) is 89.5 Å². The number of rotatable bonds is 7. The van der Waals surface area contributed by atoms with E-state index in [0.717, 1.165) is 13.0 Å². The van der Waals surface area contributed by atoms with Gasteiger partial charge in [0.1, 0.15) is 0 Å². The van der Waals surface area contributed by atoms with E-state index in [2.05, 4.69) is 9.50 Å². The Kier molecular flexibility index (Phi) is 7.61. The Bertz CT molecular complexity index is 1100. The highest BCUT2D eigenvalue weighted by atomic mass is 35.5. The zero-order valence-electron chi connectivity index (χ0n) is 16.1. The molecule has 2 aromatic rings. The standard InChI is InChI=1S/C19H16Cl2F3NO5S/c1-10(25-18(27)17-14(20)4-3-5-15(17)21)8-12-6-7-16(13(9-12)11(2)26)30-31(28,29)19(22,23)24/h3-7,9-10H,8H2,1-2H3,(H,25,27). The third-order valence-corrected chi connectivity index (χ3v) is 5.61. The first kappa shape index (κ1) is 25.0. The van der Waals surface area contributed by atoms with Gasteiger partial charge >= 0.3 is 15.6 Å². The van der Waals surface area contributed by atoms with Crippen LogP contribution in [0.25, 0.3) is 0 Å². The van der Waals surface area contributed by atoms with Gasteiger partial charge in [-0.15, -0.1) is 0 Å². The van der Waals surface area contributed by atoms with Crippen LogP contribution < -0.4 is 9.50 Å². The van der Waals surface area contributed by atoms with Gasteiger partial charge in [-0.2, -0.15) is 21.6 Å². The molecule has 6 nitrogen and oxygen atoms in total. The maximum Gasteiger partial charge on any atom is 0.534 e. The van der Waals surface area contributed by atoms with Crippen LogP contribution in [0.3, 0.4) is 0 Å². The summed E-state index contributed by atoms with van der Waals surface area (Å²) < 4.78 is 64.3. The van der Waals surface area contributed by atoms with E-state index >= 15 is 0 Å². The molecule has 0 aliphatic rings. The molecule has 31 heavy (non-hydrogen) atoms. The van der Waals surface area contributed by atoms with Gasteiger partial charge in [-0.25, -0.2) is 0 Å². The summed E-state index contributed by atoms with van der Waals surface area (Å²) in [6, 6.07) is 7.53. The predicted molar refractivity (Wildman–Crippen MR) is 109 cm³/mol. The lowest BCUT2D eigenvalue weighted by molar-refractivity contribution is -0.0500. The fourth-order valence-corrected chi connectivity index (χ4v) is 3.68. The third-order valence-electron chi connectivity index (χ3n) is 4.02. The number of ketones is 1. The quantitative estimate of drug-likeness (QED) is 0.337. The van der Waals surface area contributed by atoms with Gasteiger partial charge in [-0.05, 0) is 50.1 Å². The molecule has 1 N–H and O–H groups in total. The lowest BCUT2D eigenvalue weighted by atomic mass is 10.0. The molecule has 0 fully saturated rings. The van der Waals surface area contributed by atoms with Gasteiger partial charge in [-0.3, -0.25) is 9.59 Å². The van der Waals surface area contributed by atoms with Crippen molar-refractivity contribution in [2.45, 2.75) is 31.8 Å². The van der Waals surface area contributed by atoms with Gasteiger partial charge in [-0.1, -0.05) is 35.3 Å². The molecular formula is C19H16Cl2F3NO5S. The second-order valence-corrected chi connectivity index (χ2v) is 8.90. The van der Waals surface area contributed by atoms with Crippen LogP contribution in [0.15, 0.2) is 36.4 Å². The van der Waals surface area contributed by atoms with Crippen molar-refractivity contribution in [2.24, 2.45) is 0 Å². The lowest BCUT2D eigenvalue weighted by Gasteiger charge is -2.17. The molecular weight excluding hydrogens is 482 g/mol. The largest absolute Gasteiger partial charge is 0.534 e. The van der Waals surface area contributed by atoms with Crippen LogP contribution in [0, 0.1) is 0 Å². The highest BCUT2D eigenvalue weighted by molar-refractivity contribution is 7.88. The van der Waals surface area contributed by atoms with Gasteiger partial charge in [0.05, 0.1) is 21.2 Å². The fraction of sp³-hybridized carbons (Fsp3) is 0.263. The number of nitrogens with one attached hydrogen (secondary N) is 1. The van der Waals surface area contributed by atoms with Crippen molar-refractivity contribution in [3.8, 4) is 5.75 Å². The molecule has 2 aromatic carbocycles. The average molecular weight is 498 g/mol. The minimum atomic E-state index is -5.93. The molecule has 0 spiro atoms. The number of benzene rings is 2. The summed E-state index contributed by atoms with van der Waals surface area (Å²) in [5, 5.41) is 2.99. The Hall–Kier alpha value is -2.30. The Morgan fingerprint density at radius 3 is 2.23 bits per heavy atom. The number of carbonyl (C=O) groups excluding carboxylic acids is 2. The molecule has 1 amide bonds. The van der Waals surface area contributed by atoms with Crippen molar-refractivity contribution >= 4 is 45.0 Å². The summed E-state index contributed by atoms with van der Waals surface area (Å²) in [5.41, 5.74) is -5.46. The molecule has 0 aliphatic carbocycles. The molecule has 168 valence electrons. The molecule has 0 saturated heterocycles. The van der Waals surface area contributed by atoms with E-state index in [4.69, 9.17) is 23.2 Å². The number of amides is 1. The number of carbonyl (C=O) groups is 2. The Morgan fingerprint density at radius 1 is 1.13 bits per heavy atom. The van der Waals surface area contributed by atoms with Crippen LogP contribution in [-0.2, 0) is 16.5 Å². The molecule has 2 rings (SSSR count). The van der Waals surface area contributed by atoms with Crippen molar-refractivity contribution in [3.05, 3.63) is 63.1 Å². The van der Waals surface area contributed by atoms with E-state index in [1.54, 1.807) is 13.0 Å². The minimum absolute atomic E-state index is 0.0863. The van der Waals surface area contributed by atoms with Crippen molar-refractivity contribution in [1.29, 1.82) is 0 Å². The molecule has 0 heterocycles. The van der Waals surface area contributed by atoms with Gasteiger partial charge < -0.3 is 9.50 Å². The van der Waals surface area contributed by atoms with Crippen LogP contribution in [0.4, 0.5) is 13.2 Å². The highest BCUT2D eigenvalue weighted by Crippen LogP contribution is 2.30. The zero-order chi connectivity index (χ0) is 23.6. The number of halogens is 5. The first-order valence-electron chi connectivity index (χ1n) is 8.62. The van der Waals surface area contributed by atoms with Crippen molar-refractivity contribution in [1.82, 2.24) is 5.32 Å². The first-order valence-corrected chi connectivity index (χ1v) is 10.8. The van der Waals surface area contributed by atoms with E-state index in [9.17, 15) is 31.2 Å². The second kappa shape index (κ2) is 9.46. The second-order valence-electron chi connectivity index (χ2n) is 6.55. The van der Waals surface area contributed by atoms with Crippen molar-refractivity contribution in [2.75, 3.05) is 0 Å². The molecule has 0 saturated carbocycles. The number of hydrogen-bond donors (Lipinski definition) is 1. The normalized spacial score (nSPS) is 12.9. The maximum atomic E-state index is 12.6. The Morgan fingerprint density at radius 2 is 1.71 bits per heavy atom. The van der Waals surface area contributed by atoms with Crippen LogP contribution in [0.5, 0.6) is 5.75 Å². The van der Waals surface area contributed by atoms with E-state index in [1.165, 1.54) is 24.3 Å². The summed E-state index contributed by atoms with van der Waals surface area (Å²) in [5.74, 6) is -1.98. The number of hydrogen-bond acceptors (Lipinski definition) is 5. The van der Waals surface area contributed by atoms with Crippen molar-refractivity contribution in [3.63, 3.8) is 0 Å². The fourth-order valence-electron chi connectivity index (χ4n) is 2.63. The summed E-state index contributed by atoms with van der Waals surface area (Å²) in [6.07, 6.45) is 0.167. The molecule has 1 atom stereocenters. The average Bonchev–Trinajstić information content (AvgIpc) is 2.61. The van der Waals surface area contributed by atoms with Gasteiger partial charge in [0, 0.05) is 6.04 Å². The SMILES string of the molecule is CC(=O)c1cc(CC(C)NC(=O)c2c(Cl)cccc2Cl)ccc1OS(=O)(=O)C(F)(F)F. The molecule has 12 heteroatoms. The Labute approximate surface area is 186 Å². The predicted octanol–water partition coefficient (Wildman–Crippen LogP) is 4.79. The summed E-state index contributed by atoms with van der Waals surface area (Å²) in [4.78, 5) is 24.3. The minimum Gasteiger partial charge on any atom is -0.375 e. The van der Waals surface area contributed by atoms with Crippen LogP contribution in [0.1, 0.15) is 40.1 Å². The van der Waals surface area contributed by atoms with Crippen molar-refractivity contribution < 1.29 is 35.4 Å².